The first-order valence-electron chi connectivity index (χ1n) is 8.37. The molecule has 0 radical (unpaired) electrons. The minimum absolute atomic E-state index is 0.200. The van der Waals surface area contributed by atoms with Crippen LogP contribution in [-0.2, 0) is 11.3 Å². The second-order valence-electron chi connectivity index (χ2n) is 5.83. The quantitative estimate of drug-likeness (QED) is 0.570. The molecule has 2 aromatic rings. The van der Waals surface area contributed by atoms with Crippen LogP contribution in [0.2, 0.25) is 0 Å². The molecule has 0 fully saturated rings. The number of methoxy groups -OCH3 is 2. The van der Waals surface area contributed by atoms with Crippen molar-refractivity contribution in [3.63, 3.8) is 0 Å². The Morgan fingerprint density at radius 2 is 1.89 bits per heavy atom. The van der Waals surface area contributed by atoms with E-state index in [-0.39, 0.29) is 17.2 Å². The Bertz CT molecular complexity index is 931. The van der Waals surface area contributed by atoms with Gasteiger partial charge >= 0.3 is 0 Å². The van der Waals surface area contributed by atoms with Crippen molar-refractivity contribution in [2.45, 2.75) is 6.54 Å². The number of hydrogen-bond donors (Lipinski definition) is 1. The molecule has 0 saturated carbocycles. The number of rotatable bonds is 7. The summed E-state index contributed by atoms with van der Waals surface area (Å²) in [6.45, 7) is 4.22. The Hall–Kier alpha value is -3.73. The third-order valence-corrected chi connectivity index (χ3v) is 3.92. The molecule has 8 nitrogen and oxygen atoms in total. The number of aromatic nitrogens is 2. The standard InChI is InChI=1S/C20H22N4O4/c1-5-19(25)23(2)8-9-24-13-17(20(21)26)18(22-24)7-6-14-10-15(27-3)12-16(11-14)28-4/h5,10-13H,1,8-9H2,2-4H3,(H2,21,26). The second-order valence-corrected chi connectivity index (χ2v) is 5.83. The Morgan fingerprint density at radius 1 is 1.25 bits per heavy atom. The topological polar surface area (TPSA) is 99.7 Å². The molecule has 0 bridgehead atoms. The lowest BCUT2D eigenvalue weighted by Gasteiger charge is -2.14. The fraction of sp³-hybridized carbons (Fsp3) is 0.250. The van der Waals surface area contributed by atoms with E-state index >= 15 is 0 Å². The molecule has 2 rings (SSSR count). The van der Waals surface area contributed by atoms with Gasteiger partial charge in [0.15, 0.2) is 0 Å². The van der Waals surface area contributed by atoms with E-state index in [1.54, 1.807) is 39.5 Å². The normalized spacial score (nSPS) is 9.82. The zero-order valence-electron chi connectivity index (χ0n) is 16.1. The van der Waals surface area contributed by atoms with Gasteiger partial charge in [-0.05, 0) is 24.1 Å². The van der Waals surface area contributed by atoms with Crippen molar-refractivity contribution in [1.82, 2.24) is 14.7 Å². The largest absolute Gasteiger partial charge is 0.497 e. The molecule has 1 aromatic heterocycles. The first kappa shape index (κ1) is 20.6. The van der Waals surface area contributed by atoms with Gasteiger partial charge in [0.25, 0.3) is 5.91 Å². The van der Waals surface area contributed by atoms with Crippen LogP contribution >= 0.6 is 0 Å². The van der Waals surface area contributed by atoms with Crippen LogP contribution < -0.4 is 15.2 Å². The van der Waals surface area contributed by atoms with Gasteiger partial charge in [0.05, 0.1) is 26.3 Å². The Kier molecular flexibility index (Phi) is 6.82. The summed E-state index contributed by atoms with van der Waals surface area (Å²) in [5.41, 5.74) is 6.54. The van der Waals surface area contributed by atoms with Gasteiger partial charge in [-0.3, -0.25) is 14.3 Å². The number of carbonyl (C=O) groups excluding carboxylic acids is 2. The maximum atomic E-state index is 11.7. The molecule has 0 aliphatic rings. The van der Waals surface area contributed by atoms with Crippen molar-refractivity contribution in [2.24, 2.45) is 5.73 Å². The summed E-state index contributed by atoms with van der Waals surface area (Å²) in [4.78, 5) is 24.8. The lowest BCUT2D eigenvalue weighted by Crippen LogP contribution is -2.28. The number of likely N-dealkylation sites (N-methyl/N-ethyl adjacent to an activating group) is 1. The number of nitrogens with zero attached hydrogens (tertiary/aromatic N) is 3. The van der Waals surface area contributed by atoms with Crippen molar-refractivity contribution in [2.75, 3.05) is 27.8 Å². The maximum absolute atomic E-state index is 11.7. The van der Waals surface area contributed by atoms with Crippen LogP contribution in [0.5, 0.6) is 11.5 Å². The molecule has 146 valence electrons. The van der Waals surface area contributed by atoms with Crippen molar-refractivity contribution in [3.05, 3.63) is 53.9 Å². The molecule has 8 heteroatoms. The molecule has 2 N–H and O–H groups in total. The van der Waals surface area contributed by atoms with E-state index in [2.05, 4.69) is 23.5 Å². The van der Waals surface area contributed by atoms with E-state index in [9.17, 15) is 9.59 Å². The van der Waals surface area contributed by atoms with Gasteiger partial charge < -0.3 is 20.1 Å². The smallest absolute Gasteiger partial charge is 0.253 e. The Morgan fingerprint density at radius 3 is 2.43 bits per heavy atom. The summed E-state index contributed by atoms with van der Waals surface area (Å²) in [6, 6.07) is 5.22. The SMILES string of the molecule is C=CC(=O)N(C)CCn1cc(C(N)=O)c(C#Cc2cc(OC)cc(OC)c2)n1. The van der Waals surface area contributed by atoms with Crippen LogP contribution in [0, 0.1) is 11.8 Å². The lowest BCUT2D eigenvalue weighted by molar-refractivity contribution is -0.124. The van der Waals surface area contributed by atoms with E-state index in [1.807, 2.05) is 0 Å². The minimum atomic E-state index is -0.630. The number of ether oxygens (including phenoxy) is 2. The van der Waals surface area contributed by atoms with Crippen LogP contribution in [0.1, 0.15) is 21.6 Å². The molecule has 0 unspecified atom stereocenters. The first-order chi connectivity index (χ1) is 13.4. The third kappa shape index (κ3) is 5.14. The Labute approximate surface area is 163 Å². The van der Waals surface area contributed by atoms with Gasteiger partial charge in [-0.25, -0.2) is 0 Å². The molecule has 0 aliphatic carbocycles. The van der Waals surface area contributed by atoms with Crippen LogP contribution in [0.3, 0.4) is 0 Å². The van der Waals surface area contributed by atoms with Gasteiger partial charge in [0.2, 0.25) is 5.91 Å². The van der Waals surface area contributed by atoms with E-state index in [0.717, 1.165) is 0 Å². The van der Waals surface area contributed by atoms with Crippen LogP contribution in [0.25, 0.3) is 0 Å². The molecule has 0 saturated heterocycles. The maximum Gasteiger partial charge on any atom is 0.253 e. The Balaban J connectivity index is 2.28. The summed E-state index contributed by atoms with van der Waals surface area (Å²) < 4.78 is 12.0. The number of primary amides is 1. The van der Waals surface area contributed by atoms with E-state index < -0.39 is 5.91 Å². The van der Waals surface area contributed by atoms with E-state index in [0.29, 0.717) is 30.2 Å². The summed E-state index contributed by atoms with van der Waals surface area (Å²) in [7, 11) is 4.75. The molecule has 0 spiro atoms. The highest BCUT2D eigenvalue weighted by atomic mass is 16.5. The molecule has 0 aliphatic heterocycles. The van der Waals surface area contributed by atoms with Crippen molar-refractivity contribution in [3.8, 4) is 23.3 Å². The molecular formula is C20H22N4O4. The average Bonchev–Trinajstić information content (AvgIpc) is 3.12. The third-order valence-electron chi connectivity index (χ3n) is 3.92. The number of hydrogen-bond acceptors (Lipinski definition) is 5. The second kappa shape index (κ2) is 9.28. The molecule has 0 atom stereocenters. The van der Waals surface area contributed by atoms with Gasteiger partial charge in [0.1, 0.15) is 17.2 Å². The average molecular weight is 382 g/mol. The van der Waals surface area contributed by atoms with Crippen LogP contribution in [-0.4, -0.2) is 54.3 Å². The lowest BCUT2D eigenvalue weighted by atomic mass is 10.2. The highest BCUT2D eigenvalue weighted by Crippen LogP contribution is 2.22. The fourth-order valence-electron chi connectivity index (χ4n) is 2.34. The number of carbonyl (C=O) groups is 2. The van der Waals surface area contributed by atoms with Crippen molar-refractivity contribution < 1.29 is 19.1 Å². The van der Waals surface area contributed by atoms with E-state index in [4.69, 9.17) is 15.2 Å². The van der Waals surface area contributed by atoms with Crippen LogP contribution in [0.15, 0.2) is 37.1 Å². The van der Waals surface area contributed by atoms with Gasteiger partial charge in [0, 0.05) is 31.4 Å². The minimum Gasteiger partial charge on any atom is -0.497 e. The summed E-state index contributed by atoms with van der Waals surface area (Å²) in [5.74, 6) is 6.17. The number of amides is 2. The molecule has 2 amide bonds. The van der Waals surface area contributed by atoms with Gasteiger partial charge in [-0.1, -0.05) is 12.5 Å². The number of nitrogens with two attached hydrogens (primary N) is 1. The van der Waals surface area contributed by atoms with E-state index in [1.165, 1.54) is 21.9 Å². The molecule has 1 heterocycles. The van der Waals surface area contributed by atoms with Crippen molar-refractivity contribution in [1.29, 1.82) is 0 Å². The highest BCUT2D eigenvalue weighted by molar-refractivity contribution is 5.94. The van der Waals surface area contributed by atoms with Gasteiger partial charge in [-0.15, -0.1) is 0 Å². The first-order valence-corrected chi connectivity index (χ1v) is 8.37. The molecule has 28 heavy (non-hydrogen) atoms. The zero-order valence-corrected chi connectivity index (χ0v) is 16.1. The predicted molar refractivity (Wildman–Crippen MR) is 104 cm³/mol. The monoisotopic (exact) mass is 382 g/mol. The highest BCUT2D eigenvalue weighted by Gasteiger charge is 2.13. The molecular weight excluding hydrogens is 360 g/mol. The van der Waals surface area contributed by atoms with Crippen LogP contribution in [0.4, 0.5) is 0 Å². The molecule has 1 aromatic carbocycles. The van der Waals surface area contributed by atoms with Crippen molar-refractivity contribution >= 4 is 11.8 Å². The predicted octanol–water partition coefficient (Wildman–Crippen LogP) is 1.04. The fourth-order valence-corrected chi connectivity index (χ4v) is 2.34. The van der Waals surface area contributed by atoms with Gasteiger partial charge in [-0.2, -0.15) is 5.10 Å². The number of benzene rings is 1. The zero-order chi connectivity index (χ0) is 20.7. The summed E-state index contributed by atoms with van der Waals surface area (Å²) in [5, 5.41) is 4.30. The summed E-state index contributed by atoms with van der Waals surface area (Å²) >= 11 is 0. The summed E-state index contributed by atoms with van der Waals surface area (Å²) in [6.07, 6.45) is 2.75.